The van der Waals surface area contributed by atoms with Gasteiger partial charge in [-0.15, -0.1) is 0 Å². The normalized spacial score (nSPS) is 21.9. The SMILES string of the molecule is COC[C@@H](C)NC1CCC(Nc2cc(-c3cnc(F)c(NCC4CC4)c3)c(F)cn2)CC1. The topological polar surface area (TPSA) is 71.1 Å². The summed E-state index contributed by atoms with van der Waals surface area (Å²) >= 11 is 0. The van der Waals surface area contributed by atoms with Gasteiger partial charge in [-0.05, 0) is 63.5 Å². The van der Waals surface area contributed by atoms with E-state index >= 15 is 0 Å². The quantitative estimate of drug-likeness (QED) is 0.465. The zero-order chi connectivity index (χ0) is 22.5. The molecule has 2 fully saturated rings. The summed E-state index contributed by atoms with van der Waals surface area (Å²) in [4.78, 5) is 8.06. The summed E-state index contributed by atoms with van der Waals surface area (Å²) in [7, 11) is 1.72. The van der Waals surface area contributed by atoms with E-state index in [1.54, 1.807) is 19.2 Å². The van der Waals surface area contributed by atoms with Crippen molar-refractivity contribution < 1.29 is 13.5 Å². The first-order valence-corrected chi connectivity index (χ1v) is 11.6. The molecule has 0 saturated heterocycles. The molecule has 4 rings (SSSR count). The van der Waals surface area contributed by atoms with E-state index in [1.807, 2.05) is 0 Å². The fraction of sp³-hybridized carbons (Fsp3) is 0.583. The molecule has 0 radical (unpaired) electrons. The number of ether oxygens (including phenoxy) is 1. The van der Waals surface area contributed by atoms with Crippen molar-refractivity contribution in [2.45, 2.75) is 63.6 Å². The van der Waals surface area contributed by atoms with Crippen LogP contribution in [0.25, 0.3) is 11.1 Å². The molecule has 8 heteroatoms. The lowest BCUT2D eigenvalue weighted by Crippen LogP contribution is -2.42. The minimum atomic E-state index is -0.563. The highest BCUT2D eigenvalue weighted by molar-refractivity contribution is 5.69. The molecule has 174 valence electrons. The van der Waals surface area contributed by atoms with E-state index in [0.29, 0.717) is 53.3 Å². The summed E-state index contributed by atoms with van der Waals surface area (Å²) < 4.78 is 33.9. The number of hydrogen-bond acceptors (Lipinski definition) is 6. The Bertz CT molecular complexity index is 900. The lowest BCUT2D eigenvalue weighted by molar-refractivity contribution is 0.161. The molecular weight excluding hydrogens is 412 g/mol. The highest BCUT2D eigenvalue weighted by Crippen LogP contribution is 2.31. The third-order valence-electron chi connectivity index (χ3n) is 6.30. The van der Waals surface area contributed by atoms with Gasteiger partial charge < -0.3 is 20.7 Å². The Hall–Kier alpha value is -2.32. The summed E-state index contributed by atoms with van der Waals surface area (Å²) in [6.07, 6.45) is 9.09. The largest absolute Gasteiger partial charge is 0.383 e. The number of pyridine rings is 2. The number of methoxy groups -OCH3 is 1. The first kappa shape index (κ1) is 22.9. The van der Waals surface area contributed by atoms with Gasteiger partial charge in [-0.2, -0.15) is 4.39 Å². The molecule has 32 heavy (non-hydrogen) atoms. The van der Waals surface area contributed by atoms with Crippen molar-refractivity contribution >= 4 is 11.5 Å². The summed E-state index contributed by atoms with van der Waals surface area (Å²) in [5, 5.41) is 10.2. The lowest BCUT2D eigenvalue weighted by Gasteiger charge is -2.31. The van der Waals surface area contributed by atoms with E-state index in [9.17, 15) is 8.78 Å². The predicted molar refractivity (Wildman–Crippen MR) is 123 cm³/mol. The van der Waals surface area contributed by atoms with Gasteiger partial charge in [0, 0.05) is 49.1 Å². The van der Waals surface area contributed by atoms with Crippen molar-refractivity contribution in [2.24, 2.45) is 5.92 Å². The minimum Gasteiger partial charge on any atom is -0.383 e. The smallest absolute Gasteiger partial charge is 0.236 e. The third-order valence-corrected chi connectivity index (χ3v) is 6.30. The zero-order valence-corrected chi connectivity index (χ0v) is 18.8. The maximum Gasteiger partial charge on any atom is 0.236 e. The standard InChI is InChI=1S/C24H33F2N5O/c1-15(14-32-2)30-18-5-7-19(8-6-18)31-23-10-20(21(25)13-28-23)17-9-22(24(26)29-12-17)27-11-16-3-4-16/h9-10,12-13,15-16,18-19,27,30H,3-8,11,14H2,1-2H3,(H,28,31)/t15-,18?,19?/m1/s1. The molecule has 1 atom stereocenters. The van der Waals surface area contributed by atoms with Gasteiger partial charge in [0.1, 0.15) is 11.6 Å². The van der Waals surface area contributed by atoms with Crippen LogP contribution in [0.1, 0.15) is 45.4 Å². The van der Waals surface area contributed by atoms with Crippen molar-refractivity contribution in [1.29, 1.82) is 0 Å². The number of hydrogen-bond donors (Lipinski definition) is 3. The Morgan fingerprint density at radius 3 is 2.50 bits per heavy atom. The maximum atomic E-state index is 14.6. The zero-order valence-electron chi connectivity index (χ0n) is 18.8. The molecule has 0 unspecified atom stereocenters. The molecule has 2 aliphatic carbocycles. The molecule has 2 aliphatic rings. The summed E-state index contributed by atoms with van der Waals surface area (Å²) in [5.41, 5.74) is 1.22. The van der Waals surface area contributed by atoms with Crippen molar-refractivity contribution in [1.82, 2.24) is 15.3 Å². The average Bonchev–Trinajstić information content (AvgIpc) is 3.61. The third kappa shape index (κ3) is 6.13. The van der Waals surface area contributed by atoms with Crippen LogP contribution in [0.3, 0.4) is 0 Å². The Labute approximate surface area is 188 Å². The van der Waals surface area contributed by atoms with Crippen LogP contribution in [0.15, 0.2) is 24.5 Å². The van der Waals surface area contributed by atoms with Crippen molar-refractivity contribution in [3.63, 3.8) is 0 Å². The van der Waals surface area contributed by atoms with Gasteiger partial charge in [0.05, 0.1) is 18.5 Å². The van der Waals surface area contributed by atoms with Gasteiger partial charge in [-0.25, -0.2) is 14.4 Å². The van der Waals surface area contributed by atoms with Gasteiger partial charge in [-0.3, -0.25) is 0 Å². The van der Waals surface area contributed by atoms with E-state index < -0.39 is 11.8 Å². The van der Waals surface area contributed by atoms with E-state index in [2.05, 4.69) is 32.8 Å². The molecule has 2 saturated carbocycles. The Kier molecular flexibility index (Phi) is 7.52. The number of nitrogens with one attached hydrogen (secondary N) is 3. The highest BCUT2D eigenvalue weighted by Gasteiger charge is 2.23. The van der Waals surface area contributed by atoms with Crippen LogP contribution in [0, 0.1) is 17.7 Å². The lowest BCUT2D eigenvalue weighted by atomic mass is 9.90. The average molecular weight is 446 g/mol. The van der Waals surface area contributed by atoms with Crippen molar-refractivity contribution in [3.8, 4) is 11.1 Å². The Balaban J connectivity index is 1.38. The van der Waals surface area contributed by atoms with Gasteiger partial charge in [0.25, 0.3) is 0 Å². The molecular formula is C24H33F2N5O. The molecule has 2 aromatic heterocycles. The highest BCUT2D eigenvalue weighted by atomic mass is 19.1. The van der Waals surface area contributed by atoms with E-state index in [0.717, 1.165) is 32.2 Å². The van der Waals surface area contributed by atoms with Crippen LogP contribution in [-0.2, 0) is 4.74 Å². The number of nitrogens with zero attached hydrogens (tertiary/aromatic N) is 2. The van der Waals surface area contributed by atoms with Crippen molar-refractivity contribution in [3.05, 3.63) is 36.3 Å². The van der Waals surface area contributed by atoms with E-state index in [1.165, 1.54) is 25.2 Å². The van der Waals surface area contributed by atoms with Crippen LogP contribution < -0.4 is 16.0 Å². The van der Waals surface area contributed by atoms with Crippen LogP contribution >= 0.6 is 0 Å². The Morgan fingerprint density at radius 2 is 1.78 bits per heavy atom. The predicted octanol–water partition coefficient (Wildman–Crippen LogP) is 4.59. The molecule has 0 bridgehead atoms. The molecule has 0 spiro atoms. The van der Waals surface area contributed by atoms with E-state index in [-0.39, 0.29) is 0 Å². The summed E-state index contributed by atoms with van der Waals surface area (Å²) in [5.74, 6) is 0.215. The molecule has 0 aromatic carbocycles. The van der Waals surface area contributed by atoms with Gasteiger partial charge in [-0.1, -0.05) is 0 Å². The van der Waals surface area contributed by atoms with Crippen LogP contribution in [0.5, 0.6) is 0 Å². The monoisotopic (exact) mass is 445 g/mol. The van der Waals surface area contributed by atoms with Gasteiger partial charge >= 0.3 is 0 Å². The molecule has 0 aliphatic heterocycles. The first-order chi connectivity index (χ1) is 15.5. The number of rotatable bonds is 10. The summed E-state index contributed by atoms with van der Waals surface area (Å²) in [6.45, 7) is 3.56. The molecule has 2 heterocycles. The molecule has 2 aromatic rings. The Morgan fingerprint density at radius 1 is 1.03 bits per heavy atom. The van der Waals surface area contributed by atoms with E-state index in [4.69, 9.17) is 4.74 Å². The number of anilines is 2. The fourth-order valence-electron chi connectivity index (χ4n) is 4.35. The molecule has 3 N–H and O–H groups in total. The second-order valence-electron chi connectivity index (χ2n) is 9.15. The second-order valence-corrected chi connectivity index (χ2v) is 9.15. The van der Waals surface area contributed by atoms with Crippen LogP contribution in [-0.4, -0.2) is 48.4 Å². The summed E-state index contributed by atoms with van der Waals surface area (Å²) in [6, 6.07) is 4.44. The van der Waals surface area contributed by atoms with Crippen LogP contribution in [0.2, 0.25) is 0 Å². The van der Waals surface area contributed by atoms with Crippen LogP contribution in [0.4, 0.5) is 20.3 Å². The molecule has 0 amide bonds. The maximum absolute atomic E-state index is 14.6. The first-order valence-electron chi connectivity index (χ1n) is 11.6. The number of halogens is 2. The van der Waals surface area contributed by atoms with Crippen molar-refractivity contribution in [2.75, 3.05) is 30.9 Å². The van der Waals surface area contributed by atoms with Gasteiger partial charge in [0.15, 0.2) is 0 Å². The number of aromatic nitrogens is 2. The molecule has 6 nitrogen and oxygen atoms in total. The van der Waals surface area contributed by atoms with Gasteiger partial charge in [0.2, 0.25) is 5.95 Å². The minimum absolute atomic E-state index is 0.290. The fourth-order valence-corrected chi connectivity index (χ4v) is 4.35. The second kappa shape index (κ2) is 10.5.